The van der Waals surface area contributed by atoms with Crippen molar-refractivity contribution in [3.63, 3.8) is 0 Å². The molecule has 0 aromatic heterocycles. The standard InChI is InChI=1S/C10H15NO4.ClH/c1-14-7(12)9-3-10(4-9,6-11-5-9)8(13)15-2;/h11H,3-6H2,1-2H3;1H. The summed E-state index contributed by atoms with van der Waals surface area (Å²) in [5, 5.41) is 3.09. The van der Waals surface area contributed by atoms with Crippen LogP contribution in [-0.2, 0) is 19.1 Å². The first-order chi connectivity index (χ1) is 7.08. The molecule has 92 valence electrons. The molecule has 0 unspecified atom stereocenters. The molecule has 1 saturated carbocycles. The van der Waals surface area contributed by atoms with Crippen LogP contribution in [0.4, 0.5) is 0 Å². The van der Waals surface area contributed by atoms with Gasteiger partial charge < -0.3 is 14.8 Å². The van der Waals surface area contributed by atoms with Crippen molar-refractivity contribution in [1.82, 2.24) is 5.32 Å². The minimum Gasteiger partial charge on any atom is -0.469 e. The molecular formula is C10H16ClNO4. The number of fused-ring (bicyclic) bond motifs is 2. The zero-order chi connectivity index (χ0) is 11.1. The summed E-state index contributed by atoms with van der Waals surface area (Å²) in [4.78, 5) is 23.1. The first-order valence-electron chi connectivity index (χ1n) is 4.96. The lowest BCUT2D eigenvalue weighted by atomic mass is 9.50. The van der Waals surface area contributed by atoms with Gasteiger partial charge >= 0.3 is 11.9 Å². The molecule has 2 heterocycles. The number of rotatable bonds is 2. The van der Waals surface area contributed by atoms with E-state index in [9.17, 15) is 9.59 Å². The molecular weight excluding hydrogens is 234 g/mol. The Balaban J connectivity index is 0.00000128. The van der Waals surface area contributed by atoms with Gasteiger partial charge in [0.1, 0.15) is 0 Å². The van der Waals surface area contributed by atoms with Crippen LogP contribution < -0.4 is 5.32 Å². The number of hydrogen-bond donors (Lipinski definition) is 1. The molecule has 3 rings (SSSR count). The fraction of sp³-hybridized carbons (Fsp3) is 0.800. The summed E-state index contributed by atoms with van der Waals surface area (Å²) in [6.07, 6.45) is 1.10. The van der Waals surface area contributed by atoms with E-state index in [1.54, 1.807) is 0 Å². The first kappa shape index (κ1) is 13.3. The Hall–Kier alpha value is -0.810. The quantitative estimate of drug-likeness (QED) is 0.705. The van der Waals surface area contributed by atoms with Crippen LogP contribution in [0.15, 0.2) is 0 Å². The Bertz CT molecular complexity index is 284. The topological polar surface area (TPSA) is 64.6 Å². The van der Waals surface area contributed by atoms with Gasteiger partial charge in [0.2, 0.25) is 0 Å². The van der Waals surface area contributed by atoms with E-state index in [1.165, 1.54) is 14.2 Å². The van der Waals surface area contributed by atoms with Crippen molar-refractivity contribution in [2.24, 2.45) is 10.8 Å². The zero-order valence-corrected chi connectivity index (χ0v) is 10.2. The number of nitrogens with one attached hydrogen (secondary N) is 1. The summed E-state index contributed by atoms with van der Waals surface area (Å²) in [5.74, 6) is -0.455. The lowest BCUT2D eigenvalue weighted by Gasteiger charge is -2.56. The average Bonchev–Trinajstić information content (AvgIpc) is 2.26. The van der Waals surface area contributed by atoms with Crippen LogP contribution in [0.2, 0.25) is 0 Å². The van der Waals surface area contributed by atoms with Gasteiger partial charge in [-0.05, 0) is 12.8 Å². The lowest BCUT2D eigenvalue weighted by molar-refractivity contribution is -0.190. The van der Waals surface area contributed by atoms with Gasteiger partial charge in [-0.1, -0.05) is 0 Å². The smallest absolute Gasteiger partial charge is 0.313 e. The van der Waals surface area contributed by atoms with Crippen LogP contribution in [0.3, 0.4) is 0 Å². The SMILES string of the molecule is COC(=O)C12CNCC(C(=O)OC)(C1)C2.Cl. The highest BCUT2D eigenvalue weighted by Crippen LogP contribution is 2.57. The Kier molecular flexibility index (Phi) is 3.50. The molecule has 2 saturated heterocycles. The Labute approximate surface area is 100 Å². The third-order valence-electron chi connectivity index (χ3n) is 3.52. The maximum absolute atomic E-state index is 11.6. The predicted molar refractivity (Wildman–Crippen MR) is 58.2 cm³/mol. The largest absolute Gasteiger partial charge is 0.469 e. The van der Waals surface area contributed by atoms with Crippen LogP contribution in [0.25, 0.3) is 0 Å². The maximum Gasteiger partial charge on any atom is 0.313 e. The zero-order valence-electron chi connectivity index (χ0n) is 9.37. The Morgan fingerprint density at radius 1 is 1.00 bits per heavy atom. The number of hydrogen-bond acceptors (Lipinski definition) is 5. The van der Waals surface area contributed by atoms with Gasteiger partial charge in [0.05, 0.1) is 25.0 Å². The first-order valence-corrected chi connectivity index (χ1v) is 4.96. The van der Waals surface area contributed by atoms with E-state index in [1.807, 2.05) is 0 Å². The summed E-state index contributed by atoms with van der Waals surface area (Å²) < 4.78 is 9.52. The lowest BCUT2D eigenvalue weighted by Crippen LogP contribution is -2.68. The van der Waals surface area contributed by atoms with Gasteiger partial charge in [0, 0.05) is 13.1 Å². The van der Waals surface area contributed by atoms with E-state index < -0.39 is 10.8 Å². The molecule has 2 bridgehead atoms. The number of ether oxygens (including phenoxy) is 2. The summed E-state index contributed by atoms with van der Waals surface area (Å²) in [7, 11) is 2.76. The molecule has 3 fully saturated rings. The molecule has 0 radical (unpaired) electrons. The van der Waals surface area contributed by atoms with Crippen LogP contribution in [0.5, 0.6) is 0 Å². The van der Waals surface area contributed by atoms with Gasteiger partial charge in [-0.2, -0.15) is 0 Å². The van der Waals surface area contributed by atoms with Crippen molar-refractivity contribution in [3.8, 4) is 0 Å². The molecule has 5 nitrogen and oxygen atoms in total. The second-order valence-electron chi connectivity index (χ2n) is 4.50. The highest BCUT2D eigenvalue weighted by molar-refractivity contribution is 5.87. The average molecular weight is 250 g/mol. The monoisotopic (exact) mass is 249 g/mol. The molecule has 0 aromatic carbocycles. The van der Waals surface area contributed by atoms with Crippen molar-refractivity contribution in [2.45, 2.75) is 12.8 Å². The molecule has 0 spiro atoms. The molecule has 1 aliphatic carbocycles. The van der Waals surface area contributed by atoms with Gasteiger partial charge in [0.25, 0.3) is 0 Å². The highest BCUT2D eigenvalue weighted by atomic mass is 35.5. The second kappa shape index (κ2) is 4.22. The molecule has 0 aromatic rings. The van der Waals surface area contributed by atoms with Gasteiger partial charge in [-0.25, -0.2) is 0 Å². The van der Waals surface area contributed by atoms with Crippen LogP contribution >= 0.6 is 12.4 Å². The molecule has 3 aliphatic rings. The van der Waals surface area contributed by atoms with Crippen LogP contribution in [0.1, 0.15) is 12.8 Å². The van der Waals surface area contributed by atoms with Gasteiger partial charge in [-0.15, -0.1) is 12.4 Å². The molecule has 2 aliphatic heterocycles. The Morgan fingerprint density at radius 3 is 1.69 bits per heavy atom. The molecule has 6 heteroatoms. The van der Waals surface area contributed by atoms with Gasteiger partial charge in [0.15, 0.2) is 0 Å². The fourth-order valence-electron chi connectivity index (χ4n) is 2.90. The number of esters is 2. The fourth-order valence-corrected chi connectivity index (χ4v) is 2.90. The summed E-state index contributed by atoms with van der Waals surface area (Å²) in [6.45, 7) is 1.19. The molecule has 16 heavy (non-hydrogen) atoms. The summed E-state index contributed by atoms with van der Waals surface area (Å²) in [6, 6.07) is 0. The van der Waals surface area contributed by atoms with E-state index in [-0.39, 0.29) is 24.3 Å². The number of halogens is 1. The minimum absolute atomic E-state index is 0. The number of carbonyl (C=O) groups excluding carboxylic acids is 2. The minimum atomic E-state index is -0.499. The van der Waals surface area contributed by atoms with Crippen molar-refractivity contribution in [3.05, 3.63) is 0 Å². The maximum atomic E-state index is 11.6. The number of carbonyl (C=O) groups is 2. The van der Waals surface area contributed by atoms with E-state index >= 15 is 0 Å². The third kappa shape index (κ3) is 1.58. The van der Waals surface area contributed by atoms with Gasteiger partial charge in [-0.3, -0.25) is 9.59 Å². The summed E-state index contributed by atoms with van der Waals surface area (Å²) in [5.41, 5.74) is -0.998. The molecule has 1 N–H and O–H groups in total. The normalized spacial score (nSPS) is 35.4. The predicted octanol–water partition coefficient (Wildman–Crippen LogP) is 0.124. The summed E-state index contributed by atoms with van der Waals surface area (Å²) >= 11 is 0. The van der Waals surface area contributed by atoms with E-state index in [4.69, 9.17) is 9.47 Å². The van der Waals surface area contributed by atoms with Crippen molar-refractivity contribution in [2.75, 3.05) is 27.3 Å². The highest BCUT2D eigenvalue weighted by Gasteiger charge is 2.66. The van der Waals surface area contributed by atoms with E-state index in [0.717, 1.165) is 0 Å². The number of methoxy groups -OCH3 is 2. The van der Waals surface area contributed by atoms with Crippen molar-refractivity contribution in [1.29, 1.82) is 0 Å². The van der Waals surface area contributed by atoms with Crippen molar-refractivity contribution >= 4 is 24.3 Å². The molecule has 0 amide bonds. The third-order valence-corrected chi connectivity index (χ3v) is 3.52. The van der Waals surface area contributed by atoms with E-state index in [2.05, 4.69) is 5.32 Å². The second-order valence-corrected chi connectivity index (χ2v) is 4.50. The molecule has 0 atom stereocenters. The number of piperidine rings is 2. The van der Waals surface area contributed by atoms with Crippen molar-refractivity contribution < 1.29 is 19.1 Å². The van der Waals surface area contributed by atoms with Crippen LogP contribution in [-0.4, -0.2) is 39.2 Å². The van der Waals surface area contributed by atoms with E-state index in [0.29, 0.717) is 25.9 Å². The van der Waals surface area contributed by atoms with Crippen LogP contribution in [0, 0.1) is 10.8 Å². The Morgan fingerprint density at radius 2 is 1.38 bits per heavy atom.